The van der Waals surface area contributed by atoms with Gasteiger partial charge in [0.2, 0.25) is 0 Å². The summed E-state index contributed by atoms with van der Waals surface area (Å²) in [7, 11) is -3.13. The molecule has 8 heteroatoms. The van der Waals surface area contributed by atoms with Crippen molar-refractivity contribution < 1.29 is 26.8 Å². The smallest absolute Gasteiger partial charge is 0.261 e. The van der Waals surface area contributed by atoms with Gasteiger partial charge in [-0.25, -0.2) is 12.8 Å². The Morgan fingerprint density at radius 2 is 2.04 bits per heavy atom. The van der Waals surface area contributed by atoms with Crippen LogP contribution in [0.1, 0.15) is 12.2 Å². The fraction of sp³-hybridized carbons (Fsp3) is 0.353. The van der Waals surface area contributed by atoms with Gasteiger partial charge in [-0.15, -0.1) is 0 Å². The van der Waals surface area contributed by atoms with Crippen molar-refractivity contribution in [3.05, 3.63) is 54.2 Å². The minimum absolute atomic E-state index is 0.0595. The number of carbonyl (C=O) groups is 1. The van der Waals surface area contributed by atoms with Crippen molar-refractivity contribution in [3.63, 3.8) is 0 Å². The number of sulfone groups is 1. The van der Waals surface area contributed by atoms with Crippen LogP contribution in [0.15, 0.2) is 47.1 Å². The first-order valence-electron chi connectivity index (χ1n) is 7.83. The Morgan fingerprint density at radius 1 is 1.28 bits per heavy atom. The van der Waals surface area contributed by atoms with E-state index in [0.29, 0.717) is 17.9 Å². The summed E-state index contributed by atoms with van der Waals surface area (Å²) in [6.45, 7) is -0.0817. The second-order valence-corrected chi connectivity index (χ2v) is 8.13. The highest BCUT2D eigenvalue weighted by molar-refractivity contribution is 7.91. The minimum atomic E-state index is -3.13. The van der Waals surface area contributed by atoms with E-state index in [1.165, 1.54) is 35.4 Å². The Kier molecular flexibility index (Phi) is 5.08. The Labute approximate surface area is 145 Å². The average Bonchev–Trinajstić information content (AvgIpc) is 3.21. The van der Waals surface area contributed by atoms with Crippen molar-refractivity contribution in [2.24, 2.45) is 0 Å². The molecule has 0 unspecified atom stereocenters. The number of amides is 1. The highest BCUT2D eigenvalue weighted by Gasteiger charge is 2.35. The summed E-state index contributed by atoms with van der Waals surface area (Å²) in [5, 5.41) is 0. The third kappa shape index (κ3) is 4.60. The molecule has 1 aliphatic rings. The average molecular weight is 367 g/mol. The van der Waals surface area contributed by atoms with Gasteiger partial charge in [0.05, 0.1) is 24.3 Å². The lowest BCUT2D eigenvalue weighted by Gasteiger charge is -2.27. The van der Waals surface area contributed by atoms with Gasteiger partial charge in [-0.05, 0) is 42.8 Å². The number of rotatable bonds is 6. The Morgan fingerprint density at radius 3 is 2.64 bits per heavy atom. The molecule has 1 amide bonds. The molecule has 1 aromatic heterocycles. The van der Waals surface area contributed by atoms with E-state index in [1.807, 2.05) is 0 Å². The SMILES string of the molecule is O=C(COc1ccc(F)cc1)N(Cc1ccco1)[C@H]1CCS(=O)(=O)C1. The second-order valence-electron chi connectivity index (χ2n) is 5.90. The van der Waals surface area contributed by atoms with Crippen LogP contribution in [0.4, 0.5) is 4.39 Å². The molecule has 134 valence electrons. The summed E-state index contributed by atoms with van der Waals surface area (Å²) < 4.78 is 47.1. The van der Waals surface area contributed by atoms with Crippen LogP contribution in [0.2, 0.25) is 0 Å². The van der Waals surface area contributed by atoms with Crippen molar-refractivity contribution in [1.82, 2.24) is 4.90 Å². The van der Waals surface area contributed by atoms with Crippen molar-refractivity contribution in [1.29, 1.82) is 0 Å². The molecule has 1 saturated heterocycles. The standard InChI is InChI=1S/C17H18FNO5S/c18-13-3-5-15(6-4-13)24-11-17(20)19(10-16-2-1-8-23-16)14-7-9-25(21,22)12-14/h1-6,8,14H,7,9-12H2/t14-/m0/s1. The van der Waals surface area contributed by atoms with Gasteiger partial charge in [0.15, 0.2) is 16.4 Å². The highest BCUT2D eigenvalue weighted by atomic mass is 32.2. The van der Waals surface area contributed by atoms with Gasteiger partial charge in [-0.3, -0.25) is 4.79 Å². The summed E-state index contributed by atoms with van der Waals surface area (Å²) in [5.74, 6) is 0.206. The van der Waals surface area contributed by atoms with E-state index in [1.54, 1.807) is 12.1 Å². The van der Waals surface area contributed by atoms with Gasteiger partial charge in [-0.2, -0.15) is 0 Å². The molecule has 6 nitrogen and oxygen atoms in total. The third-order valence-electron chi connectivity index (χ3n) is 4.05. The molecule has 0 saturated carbocycles. The number of hydrogen-bond acceptors (Lipinski definition) is 5. The van der Waals surface area contributed by atoms with Gasteiger partial charge in [0.25, 0.3) is 5.91 Å². The Hall–Kier alpha value is -2.35. The van der Waals surface area contributed by atoms with Gasteiger partial charge in [0.1, 0.15) is 17.3 Å². The Bertz CT molecular complexity index is 817. The van der Waals surface area contributed by atoms with E-state index < -0.39 is 21.7 Å². The summed E-state index contributed by atoms with van der Waals surface area (Å²) >= 11 is 0. The zero-order valence-corrected chi connectivity index (χ0v) is 14.2. The largest absolute Gasteiger partial charge is 0.484 e. The van der Waals surface area contributed by atoms with E-state index in [-0.39, 0.29) is 30.6 Å². The molecule has 0 spiro atoms. The van der Waals surface area contributed by atoms with Crippen LogP contribution in [-0.2, 0) is 21.2 Å². The minimum Gasteiger partial charge on any atom is -0.484 e. The molecule has 2 heterocycles. The Balaban J connectivity index is 1.69. The quantitative estimate of drug-likeness (QED) is 0.781. The molecule has 0 bridgehead atoms. The van der Waals surface area contributed by atoms with Crippen LogP contribution in [0.5, 0.6) is 5.75 Å². The van der Waals surface area contributed by atoms with E-state index in [2.05, 4.69) is 0 Å². The first-order chi connectivity index (χ1) is 11.9. The molecular weight excluding hydrogens is 349 g/mol. The first-order valence-corrected chi connectivity index (χ1v) is 9.66. The zero-order valence-electron chi connectivity index (χ0n) is 13.4. The van der Waals surface area contributed by atoms with E-state index in [0.717, 1.165) is 0 Å². The zero-order chi connectivity index (χ0) is 17.9. The second kappa shape index (κ2) is 7.26. The number of halogens is 1. The summed E-state index contributed by atoms with van der Waals surface area (Å²) in [6.07, 6.45) is 1.89. The molecule has 2 aromatic rings. The highest BCUT2D eigenvalue weighted by Crippen LogP contribution is 2.21. The van der Waals surface area contributed by atoms with Crippen LogP contribution in [0, 0.1) is 5.82 Å². The molecule has 1 atom stereocenters. The van der Waals surface area contributed by atoms with Crippen LogP contribution in [-0.4, -0.2) is 43.4 Å². The topological polar surface area (TPSA) is 76.8 Å². The molecule has 1 fully saturated rings. The monoisotopic (exact) mass is 367 g/mol. The fourth-order valence-electron chi connectivity index (χ4n) is 2.77. The predicted octanol–water partition coefficient (Wildman–Crippen LogP) is 2.01. The maximum absolute atomic E-state index is 12.9. The maximum atomic E-state index is 12.9. The lowest BCUT2D eigenvalue weighted by molar-refractivity contribution is -0.136. The van der Waals surface area contributed by atoms with Gasteiger partial charge in [0, 0.05) is 6.04 Å². The van der Waals surface area contributed by atoms with Crippen LogP contribution < -0.4 is 4.74 Å². The van der Waals surface area contributed by atoms with E-state index in [4.69, 9.17) is 9.15 Å². The van der Waals surface area contributed by atoms with Gasteiger partial charge in [-0.1, -0.05) is 0 Å². The first kappa shape index (κ1) is 17.5. The molecule has 3 rings (SSSR count). The number of carbonyl (C=O) groups excluding carboxylic acids is 1. The van der Waals surface area contributed by atoms with Crippen molar-refractivity contribution in [2.45, 2.75) is 19.0 Å². The van der Waals surface area contributed by atoms with Crippen LogP contribution >= 0.6 is 0 Å². The van der Waals surface area contributed by atoms with Crippen molar-refractivity contribution in [2.75, 3.05) is 18.1 Å². The molecule has 0 radical (unpaired) electrons. The summed E-state index contributed by atoms with van der Waals surface area (Å²) in [6, 6.07) is 8.37. The predicted molar refractivity (Wildman–Crippen MR) is 88.2 cm³/mol. The maximum Gasteiger partial charge on any atom is 0.261 e. The normalized spacial score (nSPS) is 18.8. The molecule has 0 aliphatic carbocycles. The molecule has 25 heavy (non-hydrogen) atoms. The number of ether oxygens (including phenoxy) is 1. The number of hydrogen-bond donors (Lipinski definition) is 0. The third-order valence-corrected chi connectivity index (χ3v) is 5.80. The number of nitrogens with zero attached hydrogens (tertiary/aromatic N) is 1. The summed E-state index contributed by atoms with van der Waals surface area (Å²) in [5.41, 5.74) is 0. The molecule has 0 N–H and O–H groups in total. The van der Waals surface area contributed by atoms with Crippen LogP contribution in [0.25, 0.3) is 0 Å². The molecular formula is C17H18FNO5S. The van der Waals surface area contributed by atoms with Crippen LogP contribution in [0.3, 0.4) is 0 Å². The lowest BCUT2D eigenvalue weighted by Crippen LogP contribution is -2.43. The number of benzene rings is 1. The van der Waals surface area contributed by atoms with E-state index >= 15 is 0 Å². The van der Waals surface area contributed by atoms with Crippen molar-refractivity contribution >= 4 is 15.7 Å². The lowest BCUT2D eigenvalue weighted by atomic mass is 10.2. The van der Waals surface area contributed by atoms with E-state index in [9.17, 15) is 17.6 Å². The molecule has 1 aromatic carbocycles. The van der Waals surface area contributed by atoms with Gasteiger partial charge < -0.3 is 14.1 Å². The number of furan rings is 1. The van der Waals surface area contributed by atoms with Gasteiger partial charge >= 0.3 is 0 Å². The molecule has 1 aliphatic heterocycles. The fourth-order valence-corrected chi connectivity index (χ4v) is 4.50. The van der Waals surface area contributed by atoms with Crippen molar-refractivity contribution in [3.8, 4) is 5.75 Å². The summed E-state index contributed by atoms with van der Waals surface area (Å²) in [4.78, 5) is 14.1.